The zero-order valence-electron chi connectivity index (χ0n) is 13.4. The molecule has 0 aliphatic carbocycles. The highest BCUT2D eigenvalue weighted by Crippen LogP contribution is 2.24. The summed E-state index contributed by atoms with van der Waals surface area (Å²) >= 11 is 0. The molecular formula is C17H20F2N4O. The van der Waals surface area contributed by atoms with Gasteiger partial charge in [-0.05, 0) is 31.9 Å². The number of nitrogens with zero attached hydrogens (tertiary/aromatic N) is 3. The molecule has 1 fully saturated rings. The van der Waals surface area contributed by atoms with Crippen molar-refractivity contribution in [2.75, 3.05) is 6.54 Å². The van der Waals surface area contributed by atoms with Crippen molar-refractivity contribution in [1.82, 2.24) is 19.8 Å². The predicted molar refractivity (Wildman–Crippen MR) is 86.2 cm³/mol. The second-order valence-electron chi connectivity index (χ2n) is 5.90. The van der Waals surface area contributed by atoms with Crippen molar-refractivity contribution in [3.05, 3.63) is 48.5 Å². The van der Waals surface area contributed by atoms with Gasteiger partial charge in [0, 0.05) is 24.6 Å². The Labute approximate surface area is 139 Å². The summed E-state index contributed by atoms with van der Waals surface area (Å²) < 4.78 is 27.9. The molecule has 2 aromatic rings. The van der Waals surface area contributed by atoms with Gasteiger partial charge in [0.1, 0.15) is 5.82 Å². The van der Waals surface area contributed by atoms with E-state index in [2.05, 4.69) is 10.3 Å². The van der Waals surface area contributed by atoms with Crippen molar-refractivity contribution >= 4 is 6.03 Å². The van der Waals surface area contributed by atoms with E-state index in [-0.39, 0.29) is 0 Å². The Balaban J connectivity index is 1.73. The second kappa shape index (κ2) is 6.98. The van der Waals surface area contributed by atoms with Crippen molar-refractivity contribution < 1.29 is 13.6 Å². The number of hydrogen-bond acceptors (Lipinski definition) is 2. The van der Waals surface area contributed by atoms with Gasteiger partial charge in [-0.3, -0.25) is 0 Å². The maximum Gasteiger partial charge on any atom is 0.318 e. The molecular weight excluding hydrogens is 314 g/mol. The number of carbonyl (C=O) groups excluding carboxylic acids is 1. The van der Waals surface area contributed by atoms with Crippen LogP contribution in [0.3, 0.4) is 0 Å². The summed E-state index contributed by atoms with van der Waals surface area (Å²) in [5.41, 5.74) is 0.928. The average molecular weight is 334 g/mol. The van der Waals surface area contributed by atoms with Crippen LogP contribution in [0.4, 0.5) is 13.6 Å². The van der Waals surface area contributed by atoms with Crippen LogP contribution in [0.1, 0.15) is 31.6 Å². The third kappa shape index (κ3) is 3.25. The van der Waals surface area contributed by atoms with Gasteiger partial charge in [0.15, 0.2) is 0 Å². The van der Waals surface area contributed by atoms with Crippen LogP contribution in [0.5, 0.6) is 0 Å². The van der Waals surface area contributed by atoms with Gasteiger partial charge in [-0.2, -0.15) is 0 Å². The van der Waals surface area contributed by atoms with Crippen LogP contribution in [0.15, 0.2) is 42.7 Å². The van der Waals surface area contributed by atoms with Crippen molar-refractivity contribution in [3.63, 3.8) is 0 Å². The molecule has 1 aliphatic heterocycles. The fourth-order valence-corrected chi connectivity index (χ4v) is 3.08. The third-order valence-corrected chi connectivity index (χ3v) is 4.28. The standard InChI is InChI=1S/C17H20F2N4O/c1-12(21-17(24)23-10-5-8-14(23)15(18)19)16-20-9-11-22(16)13-6-3-2-4-7-13/h2-4,6-7,9,11-12,14-15H,5,8,10H2,1H3,(H,21,24)/t12?,14-/m0/s1. The fourth-order valence-electron chi connectivity index (χ4n) is 3.08. The Morgan fingerprint density at radius 2 is 2.08 bits per heavy atom. The van der Waals surface area contributed by atoms with Gasteiger partial charge in [-0.25, -0.2) is 18.6 Å². The number of urea groups is 1. The molecule has 1 aromatic carbocycles. The molecule has 24 heavy (non-hydrogen) atoms. The molecule has 0 saturated carbocycles. The summed E-state index contributed by atoms with van der Waals surface area (Å²) in [6, 6.07) is 7.77. The number of rotatable bonds is 4. The van der Waals surface area contributed by atoms with E-state index < -0.39 is 24.5 Å². The topological polar surface area (TPSA) is 50.2 Å². The van der Waals surface area contributed by atoms with Crippen molar-refractivity contribution in [2.24, 2.45) is 0 Å². The number of para-hydroxylation sites is 1. The number of aromatic nitrogens is 2. The highest BCUT2D eigenvalue weighted by atomic mass is 19.3. The van der Waals surface area contributed by atoms with E-state index in [1.165, 1.54) is 4.90 Å². The third-order valence-electron chi connectivity index (χ3n) is 4.28. The number of nitrogens with one attached hydrogen (secondary N) is 1. The quantitative estimate of drug-likeness (QED) is 0.932. The lowest BCUT2D eigenvalue weighted by atomic mass is 10.2. The van der Waals surface area contributed by atoms with Gasteiger partial charge in [0.05, 0.1) is 12.1 Å². The van der Waals surface area contributed by atoms with E-state index in [9.17, 15) is 13.6 Å². The molecule has 7 heteroatoms. The number of alkyl halides is 2. The number of amides is 2. The van der Waals surface area contributed by atoms with Crippen LogP contribution in [0.25, 0.3) is 5.69 Å². The second-order valence-corrected chi connectivity index (χ2v) is 5.90. The minimum atomic E-state index is -2.51. The minimum absolute atomic E-state index is 0.345. The highest BCUT2D eigenvalue weighted by molar-refractivity contribution is 5.75. The molecule has 1 saturated heterocycles. The van der Waals surface area contributed by atoms with E-state index in [0.717, 1.165) is 5.69 Å². The van der Waals surface area contributed by atoms with Crippen molar-refractivity contribution in [2.45, 2.75) is 38.3 Å². The van der Waals surface area contributed by atoms with Crippen LogP contribution in [0, 0.1) is 0 Å². The van der Waals surface area contributed by atoms with Crippen LogP contribution in [-0.4, -0.2) is 39.5 Å². The van der Waals surface area contributed by atoms with Crippen LogP contribution >= 0.6 is 0 Å². The first-order valence-electron chi connectivity index (χ1n) is 8.02. The molecule has 2 heterocycles. The minimum Gasteiger partial charge on any atom is -0.328 e. The summed E-state index contributed by atoms with van der Waals surface area (Å²) in [5.74, 6) is 0.655. The molecule has 2 atom stereocenters. The molecule has 0 radical (unpaired) electrons. The first-order chi connectivity index (χ1) is 11.6. The fraction of sp³-hybridized carbons (Fsp3) is 0.412. The summed E-state index contributed by atoms with van der Waals surface area (Å²) in [5, 5.41) is 2.79. The number of hydrogen-bond donors (Lipinski definition) is 1. The Morgan fingerprint density at radius 1 is 1.33 bits per heavy atom. The molecule has 128 valence electrons. The molecule has 0 bridgehead atoms. The lowest BCUT2D eigenvalue weighted by Crippen LogP contribution is -2.46. The van der Waals surface area contributed by atoms with Gasteiger partial charge in [-0.1, -0.05) is 18.2 Å². The lowest BCUT2D eigenvalue weighted by Gasteiger charge is -2.26. The first-order valence-corrected chi connectivity index (χ1v) is 8.02. The highest BCUT2D eigenvalue weighted by Gasteiger charge is 2.35. The SMILES string of the molecule is CC(NC(=O)N1CCC[C@H]1C(F)F)c1nccn1-c1ccccc1. The van der Waals surface area contributed by atoms with E-state index in [1.54, 1.807) is 13.1 Å². The maximum absolute atomic E-state index is 13.0. The molecule has 0 spiro atoms. The molecule has 1 aliphatic rings. The van der Waals surface area contributed by atoms with Crippen molar-refractivity contribution in [1.29, 1.82) is 0 Å². The number of benzene rings is 1. The van der Waals surface area contributed by atoms with E-state index in [4.69, 9.17) is 0 Å². The smallest absolute Gasteiger partial charge is 0.318 e. The van der Waals surface area contributed by atoms with Gasteiger partial charge in [0.2, 0.25) is 0 Å². The zero-order valence-corrected chi connectivity index (χ0v) is 13.4. The Hall–Kier alpha value is -2.44. The Kier molecular flexibility index (Phi) is 4.78. The predicted octanol–water partition coefficient (Wildman–Crippen LogP) is 3.37. The summed E-state index contributed by atoms with van der Waals surface area (Å²) in [6.07, 6.45) is 1.90. The van der Waals surface area contributed by atoms with Crippen molar-refractivity contribution in [3.8, 4) is 5.69 Å². The van der Waals surface area contributed by atoms with Crippen LogP contribution < -0.4 is 5.32 Å². The average Bonchev–Trinajstić information content (AvgIpc) is 3.25. The molecule has 1 aromatic heterocycles. The molecule has 1 unspecified atom stereocenters. The first kappa shape index (κ1) is 16.4. The molecule has 5 nitrogen and oxygen atoms in total. The number of likely N-dealkylation sites (tertiary alicyclic amines) is 1. The monoisotopic (exact) mass is 334 g/mol. The van der Waals surface area contributed by atoms with E-state index >= 15 is 0 Å². The number of imidazole rings is 1. The van der Waals surface area contributed by atoms with Gasteiger partial charge >= 0.3 is 6.03 Å². The van der Waals surface area contributed by atoms with E-state index in [1.807, 2.05) is 41.1 Å². The van der Waals surface area contributed by atoms with Gasteiger partial charge < -0.3 is 14.8 Å². The largest absolute Gasteiger partial charge is 0.328 e. The summed E-state index contributed by atoms with van der Waals surface area (Å²) in [6.45, 7) is 2.16. The Morgan fingerprint density at radius 3 is 2.79 bits per heavy atom. The van der Waals surface area contributed by atoms with Gasteiger partial charge in [-0.15, -0.1) is 0 Å². The van der Waals surface area contributed by atoms with Crippen LogP contribution in [0.2, 0.25) is 0 Å². The lowest BCUT2D eigenvalue weighted by molar-refractivity contribution is 0.0601. The summed E-state index contributed by atoms with van der Waals surface area (Å²) in [7, 11) is 0. The Bertz CT molecular complexity index is 689. The number of carbonyl (C=O) groups is 1. The maximum atomic E-state index is 13.0. The normalized spacial score (nSPS) is 18.8. The van der Waals surface area contributed by atoms with Crippen LogP contribution in [-0.2, 0) is 0 Å². The summed E-state index contributed by atoms with van der Waals surface area (Å²) in [4.78, 5) is 17.9. The van der Waals surface area contributed by atoms with Gasteiger partial charge in [0.25, 0.3) is 6.43 Å². The molecule has 3 rings (SSSR count). The van der Waals surface area contributed by atoms with E-state index in [0.29, 0.717) is 25.2 Å². The number of halogens is 2. The molecule has 2 amide bonds. The molecule has 1 N–H and O–H groups in total. The zero-order chi connectivity index (χ0) is 17.1.